The van der Waals surface area contributed by atoms with Gasteiger partial charge in [-0.1, -0.05) is 6.07 Å². The number of carbonyl (C=O) groups is 5. The molecule has 1 aliphatic heterocycles. The number of carbonyl (C=O) groups excluding carboxylic acids is 3. The maximum absolute atomic E-state index is 13.9. The number of hydrogen-bond acceptors (Lipinski definition) is 9. The van der Waals surface area contributed by atoms with Crippen molar-refractivity contribution in [2.24, 2.45) is 5.73 Å². The molecular formula is C28H31N5O9. The lowest BCUT2D eigenvalue weighted by Gasteiger charge is -2.39. The Bertz CT molecular complexity index is 1470. The molecule has 4 rings (SSSR count). The average Bonchev–Trinajstić information content (AvgIpc) is 2.93. The monoisotopic (exact) mass is 581 g/mol. The number of ether oxygens (including phenoxy) is 2. The maximum Gasteiger partial charge on any atom is 0.409 e. The van der Waals surface area contributed by atoms with Crippen LogP contribution in [0.25, 0.3) is 10.9 Å². The fourth-order valence-electron chi connectivity index (χ4n) is 5.23. The van der Waals surface area contributed by atoms with E-state index < -0.39 is 47.8 Å². The van der Waals surface area contributed by atoms with Gasteiger partial charge < -0.3 is 35.2 Å². The van der Waals surface area contributed by atoms with Crippen LogP contribution in [0.5, 0.6) is 5.75 Å². The molecule has 0 bridgehead atoms. The normalized spacial score (nSPS) is 16.6. The van der Waals surface area contributed by atoms with Crippen LogP contribution in [0.2, 0.25) is 0 Å². The Hall–Kier alpha value is -4.93. The molecule has 2 fully saturated rings. The third-order valence-electron chi connectivity index (χ3n) is 7.60. The van der Waals surface area contributed by atoms with Crippen molar-refractivity contribution in [2.75, 3.05) is 32.8 Å². The van der Waals surface area contributed by atoms with Crippen LogP contribution in [0.3, 0.4) is 0 Å². The van der Waals surface area contributed by atoms with E-state index in [0.717, 1.165) is 0 Å². The van der Waals surface area contributed by atoms with Crippen LogP contribution in [-0.2, 0) is 19.1 Å². The van der Waals surface area contributed by atoms with Gasteiger partial charge in [-0.25, -0.2) is 9.59 Å². The minimum Gasteiger partial charge on any atom is -0.481 e. The molecule has 2 aromatic rings. The number of nitrogens with two attached hydrogens (primary N) is 1. The van der Waals surface area contributed by atoms with Gasteiger partial charge in [0.15, 0.2) is 0 Å². The van der Waals surface area contributed by atoms with Gasteiger partial charge in [0.25, 0.3) is 5.91 Å². The lowest BCUT2D eigenvalue weighted by atomic mass is 9.79. The highest BCUT2D eigenvalue weighted by Crippen LogP contribution is 2.44. The fourth-order valence-corrected chi connectivity index (χ4v) is 5.23. The van der Waals surface area contributed by atoms with E-state index in [1.807, 2.05) is 6.07 Å². The number of aromatic nitrogens is 1. The molecule has 3 amide bonds. The first-order valence-electron chi connectivity index (χ1n) is 13.5. The number of aliphatic carboxylic acids is 2. The number of piperazine rings is 1. The number of nitrogens with zero attached hydrogens (tertiary/aromatic N) is 4. The number of amides is 3. The molecule has 4 N–H and O–H groups in total. The summed E-state index contributed by atoms with van der Waals surface area (Å²) in [7, 11) is 0. The van der Waals surface area contributed by atoms with Crippen LogP contribution >= 0.6 is 0 Å². The zero-order valence-corrected chi connectivity index (χ0v) is 23.0. The second kappa shape index (κ2) is 12.3. The van der Waals surface area contributed by atoms with E-state index in [-0.39, 0.29) is 85.5 Å². The Kier molecular flexibility index (Phi) is 8.79. The van der Waals surface area contributed by atoms with Gasteiger partial charge in [0.2, 0.25) is 11.5 Å². The van der Waals surface area contributed by atoms with Crippen LogP contribution in [0.15, 0.2) is 18.2 Å². The van der Waals surface area contributed by atoms with E-state index in [0.29, 0.717) is 6.42 Å². The predicted octanol–water partition coefficient (Wildman–Crippen LogP) is 1.84. The minimum absolute atomic E-state index is 0.0485. The standard InChI is InChI=1S/C28H31N5O9/c1-2-41-27(40)33-13-11-32(12-14-33)25(37)17(7-8-19(34)35)22-21(24(30)36)23(42-28(26(38)39)9-4-10-28)20-16(15-29)5-3-6-18(20)31-22/h3,5-6,17H,2,4,7-14H2,1H3,(H2,30,36)(H,34,35)(H,38,39). The SMILES string of the molecule is CCOC(=O)N1CCN(C(=O)C(CCC(=O)O)c2nc3cccc(C#N)c3c(OC3(C(=O)O)CCC3)c2C(N)=O)CC1. The van der Waals surface area contributed by atoms with Crippen molar-refractivity contribution in [3.05, 3.63) is 35.0 Å². The molecule has 0 radical (unpaired) electrons. The van der Waals surface area contributed by atoms with Crippen LogP contribution in [0.1, 0.15) is 66.6 Å². The first-order chi connectivity index (χ1) is 20.0. The minimum atomic E-state index is -1.68. The third-order valence-corrected chi connectivity index (χ3v) is 7.60. The second-order valence-corrected chi connectivity index (χ2v) is 10.1. The van der Waals surface area contributed by atoms with Crippen molar-refractivity contribution in [3.63, 3.8) is 0 Å². The van der Waals surface area contributed by atoms with Gasteiger partial charge in [0, 0.05) is 32.6 Å². The fraction of sp³-hybridized carbons (Fsp3) is 0.464. The molecule has 2 heterocycles. The number of nitriles is 1. The molecule has 1 saturated carbocycles. The summed E-state index contributed by atoms with van der Waals surface area (Å²) in [6.45, 7) is 2.45. The number of rotatable bonds is 10. The third kappa shape index (κ3) is 5.76. The van der Waals surface area contributed by atoms with Gasteiger partial charge in [0.05, 0.1) is 40.8 Å². The molecule has 222 valence electrons. The van der Waals surface area contributed by atoms with E-state index in [2.05, 4.69) is 4.98 Å². The van der Waals surface area contributed by atoms with E-state index in [1.54, 1.807) is 6.92 Å². The number of pyridine rings is 1. The molecule has 1 aromatic heterocycles. The second-order valence-electron chi connectivity index (χ2n) is 10.1. The number of carboxylic acid groups (broad SMARTS) is 2. The van der Waals surface area contributed by atoms with Gasteiger partial charge in [-0.3, -0.25) is 19.4 Å². The van der Waals surface area contributed by atoms with Crippen LogP contribution in [0, 0.1) is 11.3 Å². The number of primary amides is 1. The summed E-state index contributed by atoms with van der Waals surface area (Å²) in [4.78, 5) is 70.3. The Morgan fingerprint density at radius 3 is 2.31 bits per heavy atom. The zero-order chi connectivity index (χ0) is 30.6. The summed E-state index contributed by atoms with van der Waals surface area (Å²) in [5.74, 6) is -5.64. The van der Waals surface area contributed by atoms with Crippen molar-refractivity contribution in [1.82, 2.24) is 14.8 Å². The summed E-state index contributed by atoms with van der Waals surface area (Å²) in [6.07, 6.45) is -0.396. The number of benzene rings is 1. The van der Waals surface area contributed by atoms with Gasteiger partial charge in [-0.15, -0.1) is 0 Å². The van der Waals surface area contributed by atoms with Gasteiger partial charge in [-0.05, 0) is 44.7 Å². The molecule has 14 heteroatoms. The molecule has 0 spiro atoms. The lowest BCUT2D eigenvalue weighted by molar-refractivity contribution is -0.163. The molecule has 1 unspecified atom stereocenters. The Morgan fingerprint density at radius 1 is 1.12 bits per heavy atom. The van der Waals surface area contributed by atoms with Crippen LogP contribution in [-0.4, -0.2) is 93.2 Å². The van der Waals surface area contributed by atoms with Gasteiger partial charge >= 0.3 is 18.0 Å². The largest absolute Gasteiger partial charge is 0.481 e. The lowest BCUT2D eigenvalue weighted by Crippen LogP contribution is -2.52. The molecule has 1 atom stereocenters. The Morgan fingerprint density at radius 2 is 1.79 bits per heavy atom. The Labute approximate surface area is 240 Å². The van der Waals surface area contributed by atoms with Crippen LogP contribution in [0.4, 0.5) is 4.79 Å². The molecule has 1 saturated heterocycles. The Balaban J connectivity index is 1.85. The van der Waals surface area contributed by atoms with Gasteiger partial charge in [0.1, 0.15) is 11.3 Å². The maximum atomic E-state index is 13.9. The smallest absolute Gasteiger partial charge is 0.409 e. The molecule has 1 aliphatic carbocycles. The topological polar surface area (TPSA) is 213 Å². The average molecular weight is 582 g/mol. The molecule has 2 aliphatic rings. The number of fused-ring (bicyclic) bond motifs is 1. The summed E-state index contributed by atoms with van der Waals surface area (Å²) in [6, 6.07) is 6.50. The highest BCUT2D eigenvalue weighted by atomic mass is 16.6. The van der Waals surface area contributed by atoms with Crippen molar-refractivity contribution >= 4 is 40.7 Å². The quantitative estimate of drug-likeness (QED) is 0.368. The summed E-state index contributed by atoms with van der Waals surface area (Å²) >= 11 is 0. The zero-order valence-electron chi connectivity index (χ0n) is 23.0. The summed E-state index contributed by atoms with van der Waals surface area (Å²) in [5, 5.41) is 29.3. The summed E-state index contributed by atoms with van der Waals surface area (Å²) in [5.41, 5.74) is 3.78. The van der Waals surface area contributed by atoms with Crippen molar-refractivity contribution in [3.8, 4) is 11.8 Å². The first-order valence-corrected chi connectivity index (χ1v) is 13.5. The van der Waals surface area contributed by atoms with E-state index in [4.69, 9.17) is 15.2 Å². The van der Waals surface area contributed by atoms with E-state index in [1.165, 1.54) is 28.0 Å². The summed E-state index contributed by atoms with van der Waals surface area (Å²) < 4.78 is 11.1. The highest BCUT2D eigenvalue weighted by Gasteiger charge is 2.48. The highest BCUT2D eigenvalue weighted by molar-refractivity contribution is 6.06. The van der Waals surface area contributed by atoms with E-state index in [9.17, 15) is 39.4 Å². The van der Waals surface area contributed by atoms with Crippen LogP contribution < -0.4 is 10.5 Å². The molecule has 14 nitrogen and oxygen atoms in total. The number of carboxylic acids is 2. The first kappa shape index (κ1) is 30.0. The van der Waals surface area contributed by atoms with Crippen molar-refractivity contribution < 1.29 is 43.7 Å². The van der Waals surface area contributed by atoms with E-state index >= 15 is 0 Å². The molecular weight excluding hydrogens is 550 g/mol. The molecule has 42 heavy (non-hydrogen) atoms. The molecule has 1 aromatic carbocycles. The predicted molar refractivity (Wildman–Crippen MR) is 145 cm³/mol. The van der Waals surface area contributed by atoms with Crippen molar-refractivity contribution in [2.45, 2.75) is 50.5 Å². The number of hydrogen-bond donors (Lipinski definition) is 3. The van der Waals surface area contributed by atoms with Gasteiger partial charge in [-0.2, -0.15) is 5.26 Å². The van der Waals surface area contributed by atoms with Crippen molar-refractivity contribution in [1.29, 1.82) is 5.26 Å².